The van der Waals surface area contributed by atoms with E-state index in [1.807, 2.05) is 56.3 Å². The predicted octanol–water partition coefficient (Wildman–Crippen LogP) is 5.27. The Balaban J connectivity index is 1.88. The maximum Gasteiger partial charge on any atom is 0.247 e. The molecular formula is C22H21ClN2O2S. The van der Waals surface area contributed by atoms with E-state index in [2.05, 4.69) is 5.32 Å². The molecule has 1 N–H and O–H groups in total. The third kappa shape index (κ3) is 3.30. The number of para-hydroxylation sites is 1. The molecule has 0 unspecified atom stereocenters. The number of nitrogens with one attached hydrogen (secondary N) is 1. The molecule has 0 amide bonds. The number of hydrogen-bond acceptors (Lipinski definition) is 3. The first-order valence-corrected chi connectivity index (χ1v) is 10.9. The average molecular weight is 413 g/mol. The van der Waals surface area contributed by atoms with Crippen LogP contribution in [0.5, 0.6) is 0 Å². The molecule has 0 aliphatic carbocycles. The molecule has 0 radical (unpaired) electrons. The molecule has 3 aromatic rings. The van der Waals surface area contributed by atoms with E-state index in [4.69, 9.17) is 11.6 Å². The molecule has 0 saturated heterocycles. The lowest BCUT2D eigenvalue weighted by Crippen LogP contribution is -2.42. The van der Waals surface area contributed by atoms with Crippen LogP contribution in [0.2, 0.25) is 5.02 Å². The van der Waals surface area contributed by atoms with E-state index in [1.54, 1.807) is 24.3 Å². The minimum atomic E-state index is -3.71. The zero-order chi connectivity index (χ0) is 19.9. The quantitative estimate of drug-likeness (QED) is 0.637. The van der Waals surface area contributed by atoms with Gasteiger partial charge in [-0.25, -0.2) is 8.42 Å². The van der Waals surface area contributed by atoms with E-state index >= 15 is 0 Å². The Bertz CT molecular complexity index is 1140. The van der Waals surface area contributed by atoms with Gasteiger partial charge in [0.2, 0.25) is 10.0 Å². The first kappa shape index (κ1) is 19.0. The van der Waals surface area contributed by atoms with Crippen LogP contribution in [0.25, 0.3) is 0 Å². The molecule has 1 atom stereocenters. The number of hydrogen-bond donors (Lipinski definition) is 1. The molecule has 28 heavy (non-hydrogen) atoms. The number of aryl methyl sites for hydroxylation is 2. The lowest BCUT2D eigenvalue weighted by atomic mass is 10.0. The molecule has 4 rings (SSSR count). The highest BCUT2D eigenvalue weighted by Crippen LogP contribution is 2.41. The van der Waals surface area contributed by atoms with Gasteiger partial charge in [0, 0.05) is 17.1 Å². The van der Waals surface area contributed by atoms with Crippen LogP contribution in [0.3, 0.4) is 0 Å². The van der Waals surface area contributed by atoms with E-state index < -0.39 is 16.2 Å². The monoisotopic (exact) mass is 412 g/mol. The first-order chi connectivity index (χ1) is 13.4. The fourth-order valence-electron chi connectivity index (χ4n) is 3.54. The zero-order valence-electron chi connectivity index (χ0n) is 15.7. The molecule has 0 saturated carbocycles. The van der Waals surface area contributed by atoms with E-state index in [0.717, 1.165) is 22.3 Å². The Morgan fingerprint density at radius 2 is 1.71 bits per heavy atom. The SMILES string of the molecule is Cc1ccc(C)c(CN2[C@H](c3ccccc3Cl)Nc3ccccc3S2(=O)=O)c1. The predicted molar refractivity (Wildman–Crippen MR) is 113 cm³/mol. The van der Waals surface area contributed by atoms with Gasteiger partial charge in [-0.1, -0.05) is 65.7 Å². The van der Waals surface area contributed by atoms with Crippen LogP contribution < -0.4 is 5.32 Å². The molecule has 6 heteroatoms. The molecular weight excluding hydrogens is 392 g/mol. The Kier molecular flexibility index (Phi) is 4.91. The van der Waals surface area contributed by atoms with Crippen LogP contribution in [0, 0.1) is 13.8 Å². The smallest absolute Gasteiger partial charge is 0.247 e. The highest BCUT2D eigenvalue weighted by Gasteiger charge is 2.39. The average Bonchev–Trinajstić information content (AvgIpc) is 2.67. The maximum absolute atomic E-state index is 13.5. The molecule has 4 nitrogen and oxygen atoms in total. The van der Waals surface area contributed by atoms with Crippen molar-refractivity contribution in [3.05, 3.63) is 94.0 Å². The van der Waals surface area contributed by atoms with E-state index in [0.29, 0.717) is 10.7 Å². The highest BCUT2D eigenvalue weighted by molar-refractivity contribution is 7.89. The second-order valence-electron chi connectivity index (χ2n) is 7.04. The van der Waals surface area contributed by atoms with Crippen LogP contribution in [-0.2, 0) is 16.6 Å². The Labute approximate surface area is 170 Å². The third-order valence-electron chi connectivity index (χ3n) is 5.08. The minimum Gasteiger partial charge on any atom is -0.364 e. The molecule has 3 aromatic carbocycles. The first-order valence-electron chi connectivity index (χ1n) is 9.06. The van der Waals surface area contributed by atoms with Crippen molar-refractivity contribution in [2.24, 2.45) is 0 Å². The van der Waals surface area contributed by atoms with Gasteiger partial charge < -0.3 is 5.32 Å². The summed E-state index contributed by atoms with van der Waals surface area (Å²) >= 11 is 6.44. The molecule has 0 bridgehead atoms. The summed E-state index contributed by atoms with van der Waals surface area (Å²) in [7, 11) is -3.71. The lowest BCUT2D eigenvalue weighted by Gasteiger charge is -2.38. The summed E-state index contributed by atoms with van der Waals surface area (Å²) in [6, 6.07) is 20.4. The van der Waals surface area contributed by atoms with Gasteiger partial charge in [0.1, 0.15) is 11.1 Å². The molecule has 1 aliphatic rings. The van der Waals surface area contributed by atoms with Crippen molar-refractivity contribution in [1.29, 1.82) is 0 Å². The van der Waals surface area contributed by atoms with Gasteiger partial charge in [0.05, 0.1) is 5.69 Å². The number of halogens is 1. The van der Waals surface area contributed by atoms with Gasteiger partial charge in [-0.05, 0) is 43.2 Å². The molecule has 1 heterocycles. The van der Waals surface area contributed by atoms with Crippen LogP contribution in [0.15, 0.2) is 71.6 Å². The Hall–Kier alpha value is -2.34. The summed E-state index contributed by atoms with van der Waals surface area (Å²) in [5.74, 6) is 0. The van der Waals surface area contributed by atoms with Crippen molar-refractivity contribution in [3.8, 4) is 0 Å². The van der Waals surface area contributed by atoms with Crippen LogP contribution in [-0.4, -0.2) is 12.7 Å². The third-order valence-corrected chi connectivity index (χ3v) is 7.30. The van der Waals surface area contributed by atoms with Crippen LogP contribution >= 0.6 is 11.6 Å². The number of nitrogens with zero attached hydrogens (tertiary/aromatic N) is 1. The second kappa shape index (κ2) is 7.24. The summed E-state index contributed by atoms with van der Waals surface area (Å²) in [5, 5.41) is 3.90. The Morgan fingerprint density at radius 3 is 2.50 bits per heavy atom. The topological polar surface area (TPSA) is 49.4 Å². The minimum absolute atomic E-state index is 0.257. The van der Waals surface area contributed by atoms with E-state index in [9.17, 15) is 8.42 Å². The van der Waals surface area contributed by atoms with E-state index in [-0.39, 0.29) is 11.4 Å². The number of sulfonamides is 1. The molecule has 0 fully saturated rings. The van der Waals surface area contributed by atoms with Gasteiger partial charge in [-0.15, -0.1) is 0 Å². The zero-order valence-corrected chi connectivity index (χ0v) is 17.3. The van der Waals surface area contributed by atoms with Crippen molar-refractivity contribution in [3.63, 3.8) is 0 Å². The van der Waals surface area contributed by atoms with Gasteiger partial charge in [0.25, 0.3) is 0 Å². The van der Waals surface area contributed by atoms with Gasteiger partial charge >= 0.3 is 0 Å². The second-order valence-corrected chi connectivity index (χ2v) is 9.31. The summed E-state index contributed by atoms with van der Waals surface area (Å²) in [6.45, 7) is 4.26. The molecule has 0 aromatic heterocycles. The number of fused-ring (bicyclic) bond motifs is 1. The molecule has 1 aliphatic heterocycles. The largest absolute Gasteiger partial charge is 0.364 e. The van der Waals surface area contributed by atoms with Crippen molar-refractivity contribution in [2.75, 3.05) is 5.32 Å². The summed E-state index contributed by atoms with van der Waals surface area (Å²) in [6.07, 6.45) is -0.589. The van der Waals surface area contributed by atoms with Gasteiger partial charge in [0.15, 0.2) is 0 Å². The van der Waals surface area contributed by atoms with Gasteiger partial charge in [-0.2, -0.15) is 4.31 Å². The van der Waals surface area contributed by atoms with Crippen LogP contribution in [0.4, 0.5) is 5.69 Å². The molecule has 144 valence electrons. The number of rotatable bonds is 3. The lowest BCUT2D eigenvalue weighted by molar-refractivity contribution is 0.335. The van der Waals surface area contributed by atoms with Crippen molar-refractivity contribution in [1.82, 2.24) is 4.31 Å². The highest BCUT2D eigenvalue weighted by atomic mass is 35.5. The standard InChI is InChI=1S/C22H21ClN2O2S/c1-15-11-12-16(2)17(13-15)14-25-22(18-7-3-4-8-19(18)23)24-20-9-5-6-10-21(20)28(25,26)27/h3-13,22,24H,14H2,1-2H3/t22-/m1/s1. The van der Waals surface area contributed by atoms with Crippen LogP contribution in [0.1, 0.15) is 28.4 Å². The number of anilines is 1. The van der Waals surface area contributed by atoms with Gasteiger partial charge in [-0.3, -0.25) is 0 Å². The maximum atomic E-state index is 13.5. The number of benzene rings is 3. The Morgan fingerprint density at radius 1 is 1.00 bits per heavy atom. The van der Waals surface area contributed by atoms with Crippen molar-refractivity contribution >= 4 is 27.3 Å². The van der Waals surface area contributed by atoms with Crippen molar-refractivity contribution in [2.45, 2.75) is 31.5 Å². The molecule has 0 spiro atoms. The fraction of sp³-hybridized carbons (Fsp3) is 0.182. The van der Waals surface area contributed by atoms with Crippen molar-refractivity contribution < 1.29 is 8.42 Å². The normalized spacial score (nSPS) is 18.3. The fourth-order valence-corrected chi connectivity index (χ4v) is 5.44. The van der Waals surface area contributed by atoms with E-state index in [1.165, 1.54) is 4.31 Å². The summed E-state index contributed by atoms with van der Waals surface area (Å²) in [4.78, 5) is 0.281. The summed E-state index contributed by atoms with van der Waals surface area (Å²) in [5.41, 5.74) is 4.44. The summed E-state index contributed by atoms with van der Waals surface area (Å²) < 4.78 is 28.6.